The number of halogens is 2. The van der Waals surface area contributed by atoms with Gasteiger partial charge in [0, 0.05) is 18.7 Å². The summed E-state index contributed by atoms with van der Waals surface area (Å²) in [6.45, 7) is 6.95. The van der Waals surface area contributed by atoms with Crippen LogP contribution in [0.4, 0.5) is 19.3 Å². The van der Waals surface area contributed by atoms with Crippen molar-refractivity contribution in [2.24, 2.45) is 5.73 Å². The van der Waals surface area contributed by atoms with E-state index < -0.39 is 23.0 Å². The molecular formula is C16H22F2N2O2. The zero-order valence-electron chi connectivity index (χ0n) is 13.3. The van der Waals surface area contributed by atoms with E-state index >= 15 is 0 Å². The van der Waals surface area contributed by atoms with Crippen molar-refractivity contribution in [3.63, 3.8) is 0 Å². The summed E-state index contributed by atoms with van der Waals surface area (Å²) in [5.41, 5.74) is 5.42. The first kappa shape index (κ1) is 16.7. The molecule has 0 saturated heterocycles. The van der Waals surface area contributed by atoms with Crippen molar-refractivity contribution in [2.75, 3.05) is 11.9 Å². The Morgan fingerprint density at radius 3 is 2.41 bits per heavy atom. The standard InChI is InChI=1S/C16H22F2N2O2/c1-10-7-11(15(9-19)8-16(15,17)18)5-6-12(10)20-13(21)22-14(2,3)4/h5-7H,8-9,19H2,1-4H3,(H,20,21). The fourth-order valence-electron chi connectivity index (χ4n) is 2.50. The SMILES string of the molecule is Cc1cc(C2(CN)CC2(F)F)ccc1NC(=O)OC(C)(C)C. The van der Waals surface area contributed by atoms with Crippen LogP contribution in [-0.2, 0) is 10.2 Å². The van der Waals surface area contributed by atoms with E-state index in [0.717, 1.165) is 0 Å². The molecular weight excluding hydrogens is 290 g/mol. The highest BCUT2D eigenvalue weighted by atomic mass is 19.3. The molecule has 1 amide bonds. The van der Waals surface area contributed by atoms with Crippen LogP contribution in [0.15, 0.2) is 18.2 Å². The highest BCUT2D eigenvalue weighted by Crippen LogP contribution is 2.61. The quantitative estimate of drug-likeness (QED) is 0.896. The number of amides is 1. The maximum absolute atomic E-state index is 13.6. The number of ether oxygens (including phenoxy) is 1. The minimum atomic E-state index is -2.76. The van der Waals surface area contributed by atoms with E-state index in [9.17, 15) is 13.6 Å². The van der Waals surface area contributed by atoms with Gasteiger partial charge in [0.25, 0.3) is 5.92 Å². The smallest absolute Gasteiger partial charge is 0.412 e. The van der Waals surface area contributed by atoms with Crippen LogP contribution >= 0.6 is 0 Å². The average Bonchev–Trinajstić information content (AvgIpc) is 2.93. The predicted octanol–water partition coefficient (Wildman–Crippen LogP) is 3.58. The topological polar surface area (TPSA) is 64.3 Å². The van der Waals surface area contributed by atoms with Gasteiger partial charge in [-0.2, -0.15) is 0 Å². The number of carbonyl (C=O) groups excluding carboxylic acids is 1. The summed E-state index contributed by atoms with van der Waals surface area (Å²) >= 11 is 0. The van der Waals surface area contributed by atoms with E-state index in [4.69, 9.17) is 10.5 Å². The maximum atomic E-state index is 13.6. The molecule has 1 aromatic rings. The first-order chi connectivity index (χ1) is 10.0. The summed E-state index contributed by atoms with van der Waals surface area (Å²) in [5, 5.41) is 2.62. The minimum Gasteiger partial charge on any atom is -0.444 e. The van der Waals surface area contributed by atoms with Crippen LogP contribution in [0, 0.1) is 6.92 Å². The van der Waals surface area contributed by atoms with E-state index in [1.165, 1.54) is 0 Å². The number of benzene rings is 1. The van der Waals surface area contributed by atoms with E-state index in [1.807, 2.05) is 0 Å². The number of nitrogens with one attached hydrogen (secondary N) is 1. The lowest BCUT2D eigenvalue weighted by atomic mass is 9.93. The lowest BCUT2D eigenvalue weighted by molar-refractivity contribution is 0.0635. The Kier molecular flexibility index (Phi) is 3.94. The molecule has 1 aliphatic rings. The molecule has 2 rings (SSSR count). The zero-order valence-corrected chi connectivity index (χ0v) is 13.3. The van der Waals surface area contributed by atoms with Gasteiger partial charge in [-0.3, -0.25) is 5.32 Å². The van der Waals surface area contributed by atoms with Gasteiger partial charge in [0.15, 0.2) is 0 Å². The van der Waals surface area contributed by atoms with Crippen molar-refractivity contribution in [1.29, 1.82) is 0 Å². The monoisotopic (exact) mass is 312 g/mol. The number of hydrogen-bond donors (Lipinski definition) is 2. The minimum absolute atomic E-state index is 0.0989. The number of nitrogens with two attached hydrogens (primary N) is 1. The van der Waals surface area contributed by atoms with Gasteiger partial charge in [-0.25, -0.2) is 13.6 Å². The first-order valence-corrected chi connectivity index (χ1v) is 7.20. The second-order valence-electron chi connectivity index (χ2n) is 6.82. The number of aryl methyl sites for hydroxylation is 1. The van der Waals surface area contributed by atoms with Gasteiger partial charge >= 0.3 is 6.09 Å². The Morgan fingerprint density at radius 2 is 2.00 bits per heavy atom. The molecule has 1 aliphatic carbocycles. The summed E-state index contributed by atoms with van der Waals surface area (Å²) in [7, 11) is 0. The number of carbonyl (C=O) groups is 1. The molecule has 0 spiro atoms. The van der Waals surface area contributed by atoms with E-state index in [-0.39, 0.29) is 13.0 Å². The molecule has 22 heavy (non-hydrogen) atoms. The second-order valence-corrected chi connectivity index (χ2v) is 6.82. The molecule has 6 heteroatoms. The van der Waals surface area contributed by atoms with Crippen molar-refractivity contribution in [2.45, 2.75) is 51.1 Å². The molecule has 0 aliphatic heterocycles. The van der Waals surface area contributed by atoms with Gasteiger partial charge in [0.2, 0.25) is 0 Å². The van der Waals surface area contributed by atoms with Gasteiger partial charge in [0.05, 0.1) is 5.41 Å². The number of alkyl halides is 2. The Bertz CT molecular complexity index is 596. The highest BCUT2D eigenvalue weighted by molar-refractivity contribution is 5.86. The van der Waals surface area contributed by atoms with Crippen LogP contribution in [0.3, 0.4) is 0 Å². The van der Waals surface area contributed by atoms with Crippen molar-refractivity contribution in [3.05, 3.63) is 29.3 Å². The summed E-state index contributed by atoms with van der Waals surface area (Å²) in [4.78, 5) is 11.8. The molecule has 0 heterocycles. The molecule has 0 aromatic heterocycles. The molecule has 4 nitrogen and oxygen atoms in total. The molecule has 1 aromatic carbocycles. The number of anilines is 1. The number of hydrogen-bond acceptors (Lipinski definition) is 3. The molecule has 1 fully saturated rings. The van der Waals surface area contributed by atoms with Crippen LogP contribution in [0.5, 0.6) is 0 Å². The Balaban J connectivity index is 2.16. The molecule has 0 radical (unpaired) electrons. The fourth-order valence-corrected chi connectivity index (χ4v) is 2.50. The van der Waals surface area contributed by atoms with Crippen molar-refractivity contribution < 1.29 is 18.3 Å². The lowest BCUT2D eigenvalue weighted by Gasteiger charge is -2.21. The van der Waals surface area contributed by atoms with Gasteiger partial charge < -0.3 is 10.5 Å². The molecule has 1 unspecified atom stereocenters. The molecule has 3 N–H and O–H groups in total. The third kappa shape index (κ3) is 3.06. The molecule has 122 valence electrons. The fraction of sp³-hybridized carbons (Fsp3) is 0.562. The maximum Gasteiger partial charge on any atom is 0.412 e. The third-order valence-corrected chi connectivity index (χ3v) is 3.86. The number of rotatable bonds is 3. The molecule has 0 bridgehead atoms. The van der Waals surface area contributed by atoms with Crippen LogP contribution in [0.1, 0.15) is 38.3 Å². The van der Waals surface area contributed by atoms with Crippen LogP contribution in [0.25, 0.3) is 0 Å². The van der Waals surface area contributed by atoms with E-state index in [2.05, 4.69) is 5.32 Å². The van der Waals surface area contributed by atoms with Gasteiger partial charge in [-0.1, -0.05) is 12.1 Å². The summed E-state index contributed by atoms with van der Waals surface area (Å²) in [6.07, 6.45) is -0.803. The van der Waals surface area contributed by atoms with Crippen molar-refractivity contribution in [3.8, 4) is 0 Å². The zero-order chi connectivity index (χ0) is 16.8. The Morgan fingerprint density at radius 1 is 1.41 bits per heavy atom. The van der Waals surface area contributed by atoms with Crippen LogP contribution in [-0.4, -0.2) is 24.2 Å². The summed E-state index contributed by atoms with van der Waals surface area (Å²) < 4.78 is 32.4. The van der Waals surface area contributed by atoms with Crippen LogP contribution < -0.4 is 11.1 Å². The van der Waals surface area contributed by atoms with E-state index in [0.29, 0.717) is 16.8 Å². The van der Waals surface area contributed by atoms with Crippen LogP contribution in [0.2, 0.25) is 0 Å². The molecule has 1 saturated carbocycles. The van der Waals surface area contributed by atoms with Gasteiger partial charge in [0.1, 0.15) is 5.60 Å². The predicted molar refractivity (Wildman–Crippen MR) is 81.3 cm³/mol. The van der Waals surface area contributed by atoms with Crippen molar-refractivity contribution >= 4 is 11.8 Å². The highest BCUT2D eigenvalue weighted by Gasteiger charge is 2.71. The molecule has 1 atom stereocenters. The third-order valence-electron chi connectivity index (χ3n) is 3.86. The Labute approximate surface area is 129 Å². The first-order valence-electron chi connectivity index (χ1n) is 7.20. The van der Waals surface area contributed by atoms with Crippen molar-refractivity contribution in [1.82, 2.24) is 0 Å². The summed E-state index contributed by atoms with van der Waals surface area (Å²) in [5.74, 6) is -2.76. The van der Waals surface area contributed by atoms with E-state index in [1.54, 1.807) is 45.9 Å². The second kappa shape index (κ2) is 5.19. The van der Waals surface area contributed by atoms with Gasteiger partial charge in [-0.05, 0) is 44.9 Å². The summed E-state index contributed by atoms with van der Waals surface area (Å²) in [6, 6.07) is 4.86. The van der Waals surface area contributed by atoms with Gasteiger partial charge in [-0.15, -0.1) is 0 Å². The average molecular weight is 312 g/mol. The Hall–Kier alpha value is -1.69. The normalized spacial score (nSPS) is 23.0. The largest absolute Gasteiger partial charge is 0.444 e. The lowest BCUT2D eigenvalue weighted by Crippen LogP contribution is -2.28.